The van der Waals surface area contributed by atoms with Gasteiger partial charge in [-0.05, 0) is 19.1 Å². The maximum Gasteiger partial charge on any atom is 0.515 e. The minimum Gasteiger partial charge on any atom is -0.493 e. The van der Waals surface area contributed by atoms with E-state index in [1.165, 1.54) is 21.1 Å². The van der Waals surface area contributed by atoms with Crippen LogP contribution in [-0.4, -0.2) is 62.3 Å². The summed E-state index contributed by atoms with van der Waals surface area (Å²) in [5.74, 6) is -1.18. The zero-order valence-corrected chi connectivity index (χ0v) is 20.8. The van der Waals surface area contributed by atoms with Crippen molar-refractivity contribution in [3.05, 3.63) is 73.6 Å². The number of carbonyl (C=O) groups is 3. The first-order valence-corrected chi connectivity index (χ1v) is 10.8. The third-order valence-electron chi connectivity index (χ3n) is 5.05. The number of ketones is 1. The standard InChI is InChI=1S/C22H19N5O13/c1-11(39-21(29)30)18-19(20(28)14-8-16(36-2)17(37-3)9-15(14)27(34)35)24-25(23-18)10-38-22(31)40-13-6-4-12(5-7-13)26(32)33/h4-9,11H,10H2,1-3H3,(H,29,30). The van der Waals surface area contributed by atoms with Gasteiger partial charge < -0.3 is 28.8 Å². The summed E-state index contributed by atoms with van der Waals surface area (Å²) < 4.78 is 24.6. The molecule has 0 saturated heterocycles. The number of nitro benzene ring substituents is 2. The zero-order valence-electron chi connectivity index (χ0n) is 20.8. The number of hydrogen-bond acceptors (Lipinski definition) is 14. The summed E-state index contributed by atoms with van der Waals surface area (Å²) in [6, 6.07) is 6.51. The maximum absolute atomic E-state index is 13.4. The Morgan fingerprint density at radius 1 is 1.00 bits per heavy atom. The molecular weight excluding hydrogens is 542 g/mol. The largest absolute Gasteiger partial charge is 0.515 e. The minimum absolute atomic E-state index is 0.0162. The van der Waals surface area contributed by atoms with E-state index < -0.39 is 57.7 Å². The van der Waals surface area contributed by atoms with Gasteiger partial charge in [-0.15, -0.1) is 9.90 Å². The van der Waals surface area contributed by atoms with E-state index in [1.54, 1.807) is 0 Å². The van der Waals surface area contributed by atoms with Crippen LogP contribution in [0.25, 0.3) is 0 Å². The molecule has 0 aliphatic heterocycles. The van der Waals surface area contributed by atoms with Crippen LogP contribution < -0.4 is 14.2 Å². The summed E-state index contributed by atoms with van der Waals surface area (Å²) in [6.45, 7) is 0.478. The fourth-order valence-electron chi connectivity index (χ4n) is 3.26. The van der Waals surface area contributed by atoms with Gasteiger partial charge in [0.25, 0.3) is 11.4 Å². The highest BCUT2D eigenvalue weighted by Crippen LogP contribution is 2.36. The molecule has 0 aliphatic carbocycles. The third-order valence-corrected chi connectivity index (χ3v) is 5.05. The molecule has 3 rings (SSSR count). The second-order valence-electron chi connectivity index (χ2n) is 7.52. The lowest BCUT2D eigenvalue weighted by atomic mass is 10.0. The topological polar surface area (TPSA) is 235 Å². The van der Waals surface area contributed by atoms with Gasteiger partial charge in [0.15, 0.2) is 17.2 Å². The number of benzene rings is 2. The van der Waals surface area contributed by atoms with Crippen LogP contribution in [0, 0.1) is 20.2 Å². The van der Waals surface area contributed by atoms with Gasteiger partial charge in [0.2, 0.25) is 12.5 Å². The van der Waals surface area contributed by atoms with Crippen LogP contribution in [0.2, 0.25) is 0 Å². The second-order valence-corrected chi connectivity index (χ2v) is 7.52. The van der Waals surface area contributed by atoms with E-state index in [4.69, 9.17) is 24.1 Å². The first-order chi connectivity index (χ1) is 18.9. The summed E-state index contributed by atoms with van der Waals surface area (Å²) in [5.41, 5.74) is -2.28. The Bertz CT molecular complexity index is 1470. The molecule has 2 aromatic carbocycles. The number of carbonyl (C=O) groups excluding carboxylic acids is 2. The molecule has 0 radical (unpaired) electrons. The van der Waals surface area contributed by atoms with Crippen molar-refractivity contribution >= 4 is 29.5 Å². The molecule has 0 fully saturated rings. The van der Waals surface area contributed by atoms with Crippen LogP contribution in [0.3, 0.4) is 0 Å². The van der Waals surface area contributed by atoms with Crippen molar-refractivity contribution < 1.29 is 53.0 Å². The average molecular weight is 561 g/mol. The van der Waals surface area contributed by atoms with Gasteiger partial charge in [0.1, 0.15) is 23.1 Å². The number of aromatic nitrogens is 3. The fraction of sp³-hybridized carbons (Fsp3) is 0.227. The van der Waals surface area contributed by atoms with Crippen LogP contribution in [0.15, 0.2) is 36.4 Å². The van der Waals surface area contributed by atoms with Crippen LogP contribution in [-0.2, 0) is 16.2 Å². The minimum atomic E-state index is -1.71. The second kappa shape index (κ2) is 12.2. The lowest BCUT2D eigenvalue weighted by Gasteiger charge is -2.11. The van der Waals surface area contributed by atoms with Gasteiger partial charge >= 0.3 is 12.3 Å². The number of carboxylic acid groups (broad SMARTS) is 1. The predicted molar refractivity (Wildman–Crippen MR) is 127 cm³/mol. The van der Waals surface area contributed by atoms with Crippen LogP contribution in [0.5, 0.6) is 17.2 Å². The van der Waals surface area contributed by atoms with Crippen LogP contribution in [0.4, 0.5) is 21.0 Å². The molecule has 40 heavy (non-hydrogen) atoms. The molecule has 0 spiro atoms. The molecular formula is C22H19N5O13. The molecule has 0 aliphatic rings. The van der Waals surface area contributed by atoms with Gasteiger partial charge in [-0.3, -0.25) is 25.0 Å². The zero-order chi connectivity index (χ0) is 29.6. The monoisotopic (exact) mass is 561 g/mol. The average Bonchev–Trinajstić information content (AvgIpc) is 3.35. The van der Waals surface area contributed by atoms with Crippen LogP contribution >= 0.6 is 0 Å². The summed E-state index contributed by atoms with van der Waals surface area (Å²) in [7, 11) is 2.49. The smallest absolute Gasteiger partial charge is 0.493 e. The molecule has 18 heteroatoms. The molecule has 1 N–H and O–H groups in total. The van der Waals surface area contributed by atoms with Crippen molar-refractivity contribution in [3.8, 4) is 17.2 Å². The number of ether oxygens (including phenoxy) is 5. The molecule has 1 atom stereocenters. The van der Waals surface area contributed by atoms with Crippen molar-refractivity contribution in [1.82, 2.24) is 15.0 Å². The van der Waals surface area contributed by atoms with Crippen LogP contribution in [0.1, 0.15) is 34.8 Å². The number of non-ortho nitro benzene ring substituents is 1. The Morgan fingerprint density at radius 2 is 1.62 bits per heavy atom. The van der Waals surface area contributed by atoms with Crippen molar-refractivity contribution in [2.24, 2.45) is 0 Å². The molecule has 0 bridgehead atoms. The highest BCUT2D eigenvalue weighted by Gasteiger charge is 2.32. The third kappa shape index (κ3) is 6.54. The maximum atomic E-state index is 13.4. The van der Waals surface area contributed by atoms with E-state index >= 15 is 0 Å². The van der Waals surface area contributed by atoms with E-state index in [2.05, 4.69) is 14.9 Å². The SMILES string of the molecule is COc1cc(C(=O)c2nn(COC(=O)Oc3ccc([N+](=O)[O-])cc3)nc2C(C)OC(=O)O)c([N+](=O)[O-])cc1OC. The molecule has 0 amide bonds. The van der Waals surface area contributed by atoms with Crippen molar-refractivity contribution in [1.29, 1.82) is 0 Å². The van der Waals surface area contributed by atoms with Gasteiger partial charge in [-0.1, -0.05) is 0 Å². The van der Waals surface area contributed by atoms with E-state index in [9.17, 15) is 34.6 Å². The highest BCUT2D eigenvalue weighted by atomic mass is 16.7. The first kappa shape index (κ1) is 28.8. The summed E-state index contributed by atoms with van der Waals surface area (Å²) >= 11 is 0. The number of nitrogens with zero attached hydrogens (tertiary/aromatic N) is 5. The Hall–Kier alpha value is -5.81. The lowest BCUT2D eigenvalue weighted by Crippen LogP contribution is -2.16. The molecule has 210 valence electrons. The van der Waals surface area contributed by atoms with Crippen molar-refractivity contribution in [2.45, 2.75) is 19.8 Å². The van der Waals surface area contributed by atoms with E-state index in [0.29, 0.717) is 4.80 Å². The van der Waals surface area contributed by atoms with E-state index in [1.807, 2.05) is 0 Å². The molecule has 1 heterocycles. The van der Waals surface area contributed by atoms with Gasteiger partial charge in [0, 0.05) is 18.2 Å². The Labute approximate surface area is 222 Å². The number of nitro groups is 2. The molecule has 0 saturated carbocycles. The Kier molecular flexibility index (Phi) is 8.74. The first-order valence-electron chi connectivity index (χ1n) is 10.8. The normalized spacial score (nSPS) is 11.2. The molecule has 3 aromatic rings. The fourth-order valence-corrected chi connectivity index (χ4v) is 3.26. The summed E-state index contributed by atoms with van der Waals surface area (Å²) in [5, 5.41) is 39.2. The number of rotatable bonds is 11. The molecule has 1 aromatic heterocycles. The van der Waals surface area contributed by atoms with Crippen molar-refractivity contribution in [2.75, 3.05) is 14.2 Å². The number of methoxy groups -OCH3 is 2. The van der Waals surface area contributed by atoms with Gasteiger partial charge in [0.05, 0.1) is 30.1 Å². The highest BCUT2D eigenvalue weighted by molar-refractivity contribution is 6.11. The summed E-state index contributed by atoms with van der Waals surface area (Å²) in [6.07, 6.45) is -4.36. The summed E-state index contributed by atoms with van der Waals surface area (Å²) in [4.78, 5) is 58.2. The molecule has 18 nitrogen and oxygen atoms in total. The molecule has 1 unspecified atom stereocenters. The van der Waals surface area contributed by atoms with E-state index in [0.717, 1.165) is 36.4 Å². The Balaban J connectivity index is 1.91. The number of hydrogen-bond donors (Lipinski definition) is 1. The lowest BCUT2D eigenvalue weighted by molar-refractivity contribution is -0.385. The van der Waals surface area contributed by atoms with Crippen molar-refractivity contribution in [3.63, 3.8) is 0 Å². The Morgan fingerprint density at radius 3 is 2.17 bits per heavy atom. The van der Waals surface area contributed by atoms with Gasteiger partial charge in [-0.25, -0.2) is 9.59 Å². The van der Waals surface area contributed by atoms with Gasteiger partial charge in [-0.2, -0.15) is 5.10 Å². The predicted octanol–water partition coefficient (Wildman–Crippen LogP) is 3.27. The quantitative estimate of drug-likeness (QED) is 0.116. The van der Waals surface area contributed by atoms with E-state index in [-0.39, 0.29) is 28.6 Å².